The highest BCUT2D eigenvalue weighted by Gasteiger charge is 2.10. The Balaban J connectivity index is 1.45. The Bertz CT molecular complexity index is 848. The summed E-state index contributed by atoms with van der Waals surface area (Å²) in [6, 6.07) is 8.22. The largest absolute Gasteiger partial charge is 0.424 e. The molecule has 0 aliphatic heterocycles. The van der Waals surface area contributed by atoms with Crippen LogP contribution in [0.2, 0.25) is 0 Å². The van der Waals surface area contributed by atoms with Crippen molar-refractivity contribution in [2.24, 2.45) is 0 Å². The first-order chi connectivity index (χ1) is 12.1. The monoisotopic (exact) mass is 438 g/mol. The van der Waals surface area contributed by atoms with E-state index < -0.39 is 0 Å². The number of thiazole rings is 1. The van der Waals surface area contributed by atoms with Crippen LogP contribution < -0.4 is 5.32 Å². The lowest BCUT2D eigenvalue weighted by molar-refractivity contribution is -0.120. The van der Waals surface area contributed by atoms with E-state index >= 15 is 0 Å². The molecule has 3 rings (SSSR count). The Kier molecular flexibility index (Phi) is 6.22. The lowest BCUT2D eigenvalue weighted by Crippen LogP contribution is -2.24. The summed E-state index contributed by atoms with van der Waals surface area (Å²) in [6.45, 7) is 1.94. The van der Waals surface area contributed by atoms with Crippen LogP contribution in [0.25, 0.3) is 0 Å². The zero-order valence-corrected chi connectivity index (χ0v) is 16.6. The van der Waals surface area contributed by atoms with Crippen LogP contribution in [0.5, 0.6) is 0 Å². The fourth-order valence-corrected chi connectivity index (χ4v) is 4.04. The van der Waals surface area contributed by atoms with Crippen LogP contribution >= 0.6 is 39.0 Å². The molecule has 130 valence electrons. The number of nitrogens with one attached hydrogen (secondary N) is 1. The number of halogens is 1. The maximum atomic E-state index is 12.0. The summed E-state index contributed by atoms with van der Waals surface area (Å²) in [7, 11) is 0. The van der Waals surface area contributed by atoms with Gasteiger partial charge in [0.2, 0.25) is 17.7 Å². The second-order valence-electron chi connectivity index (χ2n) is 5.19. The molecular formula is C16H15BrN4O2S2. The van der Waals surface area contributed by atoms with Gasteiger partial charge in [0.15, 0.2) is 0 Å². The molecule has 0 radical (unpaired) electrons. The third kappa shape index (κ3) is 5.65. The normalized spacial score (nSPS) is 10.8. The lowest BCUT2D eigenvalue weighted by atomic mass is 10.2. The summed E-state index contributed by atoms with van der Waals surface area (Å²) < 4.78 is 7.24. The summed E-state index contributed by atoms with van der Waals surface area (Å²) >= 11 is 6.65. The molecule has 0 spiro atoms. The van der Waals surface area contributed by atoms with E-state index in [2.05, 4.69) is 48.6 Å². The van der Waals surface area contributed by atoms with E-state index in [1.807, 2.05) is 17.5 Å². The maximum absolute atomic E-state index is 12.0. The van der Waals surface area contributed by atoms with Gasteiger partial charge in [-0.15, -0.1) is 21.5 Å². The number of hydrogen-bond acceptors (Lipinski definition) is 7. The van der Waals surface area contributed by atoms with Gasteiger partial charge in [0.25, 0.3) is 0 Å². The number of benzene rings is 1. The number of aromatic nitrogens is 3. The van der Waals surface area contributed by atoms with Crippen LogP contribution in [-0.4, -0.2) is 21.1 Å². The molecule has 3 aromatic rings. The third-order valence-electron chi connectivity index (χ3n) is 3.15. The van der Waals surface area contributed by atoms with E-state index in [-0.39, 0.29) is 18.9 Å². The predicted molar refractivity (Wildman–Crippen MR) is 100 cm³/mol. The van der Waals surface area contributed by atoms with E-state index in [0.717, 1.165) is 20.3 Å². The summed E-state index contributed by atoms with van der Waals surface area (Å²) in [4.78, 5) is 16.5. The highest BCUT2D eigenvalue weighted by atomic mass is 79.9. The quantitative estimate of drug-likeness (QED) is 0.565. The van der Waals surface area contributed by atoms with E-state index in [1.54, 1.807) is 30.0 Å². The summed E-state index contributed by atoms with van der Waals surface area (Å²) in [5, 5.41) is 12.2. The smallest absolute Gasteiger partial charge is 0.235 e. The highest BCUT2D eigenvalue weighted by Crippen LogP contribution is 2.26. The Morgan fingerprint density at radius 3 is 2.84 bits per heavy atom. The Labute approximate surface area is 161 Å². The third-order valence-corrected chi connectivity index (χ3v) is 5.82. The molecule has 1 aromatic carbocycles. The second kappa shape index (κ2) is 8.59. The first-order valence-electron chi connectivity index (χ1n) is 7.46. The molecule has 0 aliphatic rings. The number of nitrogens with zero attached hydrogens (tertiary/aromatic N) is 3. The Hall–Kier alpha value is -1.71. The highest BCUT2D eigenvalue weighted by molar-refractivity contribution is 9.10. The van der Waals surface area contributed by atoms with Gasteiger partial charge in [-0.05, 0) is 17.7 Å². The summed E-state index contributed by atoms with van der Waals surface area (Å²) in [6.07, 6.45) is 0.239. The molecule has 1 amide bonds. The van der Waals surface area contributed by atoms with Crippen molar-refractivity contribution in [3.8, 4) is 0 Å². The van der Waals surface area contributed by atoms with Gasteiger partial charge in [0.05, 0.1) is 18.7 Å². The minimum Gasteiger partial charge on any atom is -0.424 e. The van der Waals surface area contributed by atoms with Crippen molar-refractivity contribution in [2.75, 3.05) is 0 Å². The van der Waals surface area contributed by atoms with Crippen molar-refractivity contribution < 1.29 is 9.21 Å². The number of thioether (sulfide) groups is 1. The summed E-state index contributed by atoms with van der Waals surface area (Å²) in [5.74, 6) is 1.61. The standard InChI is InChI=1S/C16H15BrN4O2S2/c1-10-20-21-15(23-10)7-18-14(22)6-13-9-25-16(19-13)24-8-11-2-4-12(17)5-3-11/h2-5,9H,6-8H2,1H3,(H,18,22). The molecule has 1 N–H and O–H groups in total. The lowest BCUT2D eigenvalue weighted by Gasteiger charge is -2.00. The number of rotatable bonds is 7. The van der Waals surface area contributed by atoms with Crippen LogP contribution in [0, 0.1) is 6.92 Å². The first kappa shape index (κ1) is 18.1. The van der Waals surface area contributed by atoms with Gasteiger partial charge in [-0.2, -0.15) is 0 Å². The number of carbonyl (C=O) groups excluding carboxylic acids is 1. The molecule has 0 aliphatic carbocycles. The zero-order valence-electron chi connectivity index (χ0n) is 13.4. The van der Waals surface area contributed by atoms with Crippen LogP contribution in [0.1, 0.15) is 23.0 Å². The van der Waals surface area contributed by atoms with Crippen molar-refractivity contribution in [2.45, 2.75) is 30.0 Å². The molecule has 0 atom stereocenters. The van der Waals surface area contributed by atoms with Crippen molar-refractivity contribution in [1.82, 2.24) is 20.5 Å². The Morgan fingerprint density at radius 2 is 2.12 bits per heavy atom. The number of aryl methyl sites for hydroxylation is 1. The first-order valence-corrected chi connectivity index (χ1v) is 10.1. The van der Waals surface area contributed by atoms with Gasteiger partial charge < -0.3 is 9.73 Å². The minimum atomic E-state index is -0.120. The Morgan fingerprint density at radius 1 is 1.32 bits per heavy atom. The molecule has 2 aromatic heterocycles. The van der Waals surface area contributed by atoms with Crippen molar-refractivity contribution in [3.63, 3.8) is 0 Å². The van der Waals surface area contributed by atoms with Crippen LogP contribution in [0.15, 0.2) is 42.9 Å². The van der Waals surface area contributed by atoms with Gasteiger partial charge in [0, 0.05) is 22.5 Å². The van der Waals surface area contributed by atoms with Crippen molar-refractivity contribution in [1.29, 1.82) is 0 Å². The molecule has 25 heavy (non-hydrogen) atoms. The van der Waals surface area contributed by atoms with Crippen molar-refractivity contribution >= 4 is 44.9 Å². The maximum Gasteiger partial charge on any atom is 0.235 e. The van der Waals surface area contributed by atoms with Crippen LogP contribution in [0.4, 0.5) is 0 Å². The molecule has 0 saturated heterocycles. The molecule has 9 heteroatoms. The fourth-order valence-electron chi connectivity index (χ4n) is 1.97. The van der Waals surface area contributed by atoms with E-state index in [4.69, 9.17) is 4.42 Å². The molecule has 2 heterocycles. The molecule has 0 saturated carbocycles. The number of hydrogen-bond donors (Lipinski definition) is 1. The van der Waals surface area contributed by atoms with E-state index in [9.17, 15) is 4.79 Å². The van der Waals surface area contributed by atoms with Gasteiger partial charge >= 0.3 is 0 Å². The van der Waals surface area contributed by atoms with Gasteiger partial charge in [-0.3, -0.25) is 4.79 Å². The summed E-state index contributed by atoms with van der Waals surface area (Å²) in [5.41, 5.74) is 2.00. The van der Waals surface area contributed by atoms with Gasteiger partial charge in [-0.25, -0.2) is 4.98 Å². The van der Waals surface area contributed by atoms with E-state index in [1.165, 1.54) is 5.56 Å². The SMILES string of the molecule is Cc1nnc(CNC(=O)Cc2csc(SCc3ccc(Br)cc3)n2)o1. The van der Waals surface area contributed by atoms with E-state index in [0.29, 0.717) is 11.8 Å². The molecule has 6 nitrogen and oxygen atoms in total. The fraction of sp³-hybridized carbons (Fsp3) is 0.250. The van der Waals surface area contributed by atoms with Crippen LogP contribution in [0.3, 0.4) is 0 Å². The number of carbonyl (C=O) groups is 1. The average molecular weight is 439 g/mol. The average Bonchev–Trinajstić information content (AvgIpc) is 3.21. The topological polar surface area (TPSA) is 80.9 Å². The van der Waals surface area contributed by atoms with Crippen LogP contribution in [-0.2, 0) is 23.5 Å². The zero-order chi connectivity index (χ0) is 17.6. The second-order valence-corrected chi connectivity index (χ2v) is 8.18. The predicted octanol–water partition coefficient (Wildman–Crippen LogP) is 3.75. The van der Waals surface area contributed by atoms with Gasteiger partial charge in [-0.1, -0.05) is 39.8 Å². The molecule has 0 bridgehead atoms. The molecule has 0 fully saturated rings. The van der Waals surface area contributed by atoms with Crippen molar-refractivity contribution in [3.05, 3.63) is 57.2 Å². The minimum absolute atomic E-state index is 0.120. The number of amides is 1. The van der Waals surface area contributed by atoms with Gasteiger partial charge in [0.1, 0.15) is 4.34 Å². The molecule has 0 unspecified atom stereocenters. The molecular weight excluding hydrogens is 424 g/mol.